The molecule has 22 heavy (non-hydrogen) atoms. The number of piperidine rings is 1. The van der Waals surface area contributed by atoms with Crippen molar-refractivity contribution in [3.05, 3.63) is 34.9 Å². The molecule has 1 atom stereocenters. The third-order valence-corrected chi connectivity index (χ3v) is 4.39. The highest BCUT2D eigenvalue weighted by atomic mass is 16.2. The molecule has 1 unspecified atom stereocenters. The predicted molar refractivity (Wildman–Crippen MR) is 81.7 cm³/mol. The molecule has 1 aromatic rings. The van der Waals surface area contributed by atoms with Crippen molar-refractivity contribution in [2.75, 3.05) is 6.54 Å². The molecule has 1 saturated heterocycles. The van der Waals surface area contributed by atoms with Gasteiger partial charge >= 0.3 is 0 Å². The fraction of sp³-hybridized carbons (Fsp3) is 0.471. The lowest BCUT2D eigenvalue weighted by Gasteiger charge is -2.29. The molecule has 2 heterocycles. The number of nitrogens with one attached hydrogen (secondary N) is 1. The summed E-state index contributed by atoms with van der Waals surface area (Å²) >= 11 is 0. The largest absolute Gasteiger partial charge is 0.354 e. The molecule has 0 spiro atoms. The SMILES string of the molecule is CC(C)(C)c1ccc2c(c1)C(=O)N(C1CCC(=O)NC1)C2=O. The van der Waals surface area contributed by atoms with Gasteiger partial charge in [0.1, 0.15) is 0 Å². The molecule has 5 heteroatoms. The summed E-state index contributed by atoms with van der Waals surface area (Å²) in [4.78, 5) is 37.8. The number of imide groups is 1. The van der Waals surface area contributed by atoms with Crippen LogP contribution in [0.25, 0.3) is 0 Å². The number of benzene rings is 1. The van der Waals surface area contributed by atoms with E-state index in [1.54, 1.807) is 6.07 Å². The third-order valence-electron chi connectivity index (χ3n) is 4.39. The van der Waals surface area contributed by atoms with Crippen molar-refractivity contribution in [3.63, 3.8) is 0 Å². The van der Waals surface area contributed by atoms with Crippen LogP contribution in [0.5, 0.6) is 0 Å². The van der Waals surface area contributed by atoms with E-state index >= 15 is 0 Å². The maximum absolute atomic E-state index is 12.7. The molecule has 3 amide bonds. The number of rotatable bonds is 1. The Balaban J connectivity index is 1.93. The Morgan fingerprint density at radius 1 is 1.09 bits per heavy atom. The van der Waals surface area contributed by atoms with Crippen molar-refractivity contribution < 1.29 is 14.4 Å². The van der Waals surface area contributed by atoms with Gasteiger partial charge in [0.25, 0.3) is 11.8 Å². The van der Waals surface area contributed by atoms with Crippen LogP contribution in [-0.4, -0.2) is 35.2 Å². The summed E-state index contributed by atoms with van der Waals surface area (Å²) in [5, 5.41) is 2.73. The number of amides is 3. The lowest BCUT2D eigenvalue weighted by Crippen LogP contribution is -2.50. The Morgan fingerprint density at radius 3 is 2.36 bits per heavy atom. The maximum atomic E-state index is 12.7. The highest BCUT2D eigenvalue weighted by Crippen LogP contribution is 2.31. The second-order valence-corrected chi connectivity index (χ2v) is 6.99. The first-order valence-electron chi connectivity index (χ1n) is 7.58. The van der Waals surface area contributed by atoms with Gasteiger partial charge in [-0.05, 0) is 29.5 Å². The summed E-state index contributed by atoms with van der Waals surface area (Å²) in [5.41, 5.74) is 1.90. The quantitative estimate of drug-likeness (QED) is 0.805. The summed E-state index contributed by atoms with van der Waals surface area (Å²) in [6.07, 6.45) is 0.884. The normalized spacial score (nSPS) is 21.9. The summed E-state index contributed by atoms with van der Waals surface area (Å²) in [5.74, 6) is -0.517. The Labute approximate surface area is 129 Å². The van der Waals surface area contributed by atoms with Crippen LogP contribution in [0.1, 0.15) is 59.9 Å². The summed E-state index contributed by atoms with van der Waals surface area (Å²) in [7, 11) is 0. The second kappa shape index (κ2) is 4.93. The van der Waals surface area contributed by atoms with E-state index in [4.69, 9.17) is 0 Å². The first kappa shape index (κ1) is 14.8. The fourth-order valence-electron chi connectivity index (χ4n) is 3.00. The van der Waals surface area contributed by atoms with Gasteiger partial charge in [-0.25, -0.2) is 0 Å². The van der Waals surface area contributed by atoms with Crippen LogP contribution in [0.15, 0.2) is 18.2 Å². The predicted octanol–water partition coefficient (Wildman–Crippen LogP) is 1.86. The molecule has 3 rings (SSSR count). The van der Waals surface area contributed by atoms with Crippen LogP contribution in [0.2, 0.25) is 0 Å². The minimum absolute atomic E-state index is 0.0251. The fourth-order valence-corrected chi connectivity index (χ4v) is 3.00. The van der Waals surface area contributed by atoms with Crippen LogP contribution < -0.4 is 5.32 Å². The van der Waals surface area contributed by atoms with Crippen molar-refractivity contribution in [2.24, 2.45) is 0 Å². The number of hydrogen-bond donors (Lipinski definition) is 1. The molecule has 2 aliphatic rings. The molecular weight excluding hydrogens is 280 g/mol. The van der Waals surface area contributed by atoms with E-state index in [2.05, 4.69) is 26.1 Å². The molecule has 0 aliphatic carbocycles. The first-order valence-corrected chi connectivity index (χ1v) is 7.58. The average Bonchev–Trinajstić information content (AvgIpc) is 2.71. The Morgan fingerprint density at radius 2 is 1.77 bits per heavy atom. The molecule has 0 radical (unpaired) electrons. The van der Waals surface area contributed by atoms with Gasteiger partial charge in [-0.15, -0.1) is 0 Å². The number of hydrogen-bond acceptors (Lipinski definition) is 3. The number of nitrogens with zero attached hydrogens (tertiary/aromatic N) is 1. The lowest BCUT2D eigenvalue weighted by molar-refractivity contribution is -0.123. The van der Waals surface area contributed by atoms with Gasteiger partial charge in [0.05, 0.1) is 17.2 Å². The van der Waals surface area contributed by atoms with E-state index in [0.717, 1.165) is 5.56 Å². The third kappa shape index (κ3) is 2.30. The zero-order valence-corrected chi connectivity index (χ0v) is 13.1. The topological polar surface area (TPSA) is 66.5 Å². The minimum atomic E-state index is -0.249. The maximum Gasteiger partial charge on any atom is 0.261 e. The summed E-state index contributed by atoms with van der Waals surface area (Å²) in [6, 6.07) is 5.24. The number of carbonyl (C=O) groups excluding carboxylic acids is 3. The van der Waals surface area contributed by atoms with E-state index < -0.39 is 0 Å². The van der Waals surface area contributed by atoms with Gasteiger partial charge in [0.15, 0.2) is 0 Å². The lowest BCUT2D eigenvalue weighted by atomic mass is 9.85. The zero-order valence-electron chi connectivity index (χ0n) is 13.1. The van der Waals surface area contributed by atoms with Gasteiger partial charge in [-0.2, -0.15) is 0 Å². The molecule has 5 nitrogen and oxygen atoms in total. The first-order chi connectivity index (χ1) is 10.3. The van der Waals surface area contributed by atoms with Gasteiger partial charge in [0.2, 0.25) is 5.91 Å². The molecular formula is C17H20N2O3. The number of fused-ring (bicyclic) bond motifs is 1. The van der Waals surface area contributed by atoms with Crippen LogP contribution in [0.3, 0.4) is 0 Å². The van der Waals surface area contributed by atoms with Crippen molar-refractivity contribution in [3.8, 4) is 0 Å². The van der Waals surface area contributed by atoms with Crippen LogP contribution in [-0.2, 0) is 10.2 Å². The smallest absolute Gasteiger partial charge is 0.261 e. The molecule has 1 aromatic carbocycles. The van der Waals surface area contributed by atoms with Gasteiger partial charge < -0.3 is 5.32 Å². The van der Waals surface area contributed by atoms with Crippen LogP contribution in [0.4, 0.5) is 0 Å². The van der Waals surface area contributed by atoms with Crippen LogP contribution in [0, 0.1) is 0 Å². The Kier molecular flexibility index (Phi) is 3.31. The zero-order chi connectivity index (χ0) is 16.1. The van der Waals surface area contributed by atoms with E-state index in [9.17, 15) is 14.4 Å². The molecule has 116 valence electrons. The van der Waals surface area contributed by atoms with Crippen molar-refractivity contribution in [2.45, 2.75) is 45.1 Å². The molecule has 1 fully saturated rings. The van der Waals surface area contributed by atoms with Gasteiger partial charge in [0, 0.05) is 13.0 Å². The Bertz CT molecular complexity index is 663. The van der Waals surface area contributed by atoms with Crippen molar-refractivity contribution >= 4 is 17.7 Å². The van der Waals surface area contributed by atoms with Gasteiger partial charge in [-0.1, -0.05) is 26.8 Å². The van der Waals surface area contributed by atoms with E-state index in [-0.39, 0.29) is 29.2 Å². The minimum Gasteiger partial charge on any atom is -0.354 e. The van der Waals surface area contributed by atoms with Crippen molar-refractivity contribution in [1.82, 2.24) is 10.2 Å². The number of carbonyl (C=O) groups is 3. The van der Waals surface area contributed by atoms with Gasteiger partial charge in [-0.3, -0.25) is 19.3 Å². The molecule has 0 bridgehead atoms. The Hall–Kier alpha value is -2.17. The van der Waals surface area contributed by atoms with E-state index in [1.807, 2.05) is 12.1 Å². The van der Waals surface area contributed by atoms with Crippen LogP contribution >= 0.6 is 0 Å². The van der Waals surface area contributed by atoms with E-state index in [1.165, 1.54) is 4.90 Å². The standard InChI is InChI=1S/C17H20N2O3/c1-17(2,3)10-4-6-12-13(8-10)16(22)19(15(12)21)11-5-7-14(20)18-9-11/h4,6,8,11H,5,7,9H2,1-3H3,(H,18,20). The highest BCUT2D eigenvalue weighted by Gasteiger charge is 2.41. The summed E-state index contributed by atoms with van der Waals surface area (Å²) < 4.78 is 0. The van der Waals surface area contributed by atoms with E-state index in [0.29, 0.717) is 30.5 Å². The average molecular weight is 300 g/mol. The summed E-state index contributed by atoms with van der Waals surface area (Å²) in [6.45, 7) is 6.57. The molecule has 2 aliphatic heterocycles. The molecule has 1 N–H and O–H groups in total. The molecule has 0 aromatic heterocycles. The monoisotopic (exact) mass is 300 g/mol. The van der Waals surface area contributed by atoms with Crippen molar-refractivity contribution in [1.29, 1.82) is 0 Å². The molecule has 0 saturated carbocycles. The second-order valence-electron chi connectivity index (χ2n) is 6.99. The highest BCUT2D eigenvalue weighted by molar-refractivity contribution is 6.21.